The summed E-state index contributed by atoms with van der Waals surface area (Å²) in [6.45, 7) is 2.55. The van der Waals surface area contributed by atoms with E-state index < -0.39 is 21.3 Å². The fourth-order valence-electron chi connectivity index (χ4n) is 3.48. The molecule has 0 saturated heterocycles. The van der Waals surface area contributed by atoms with E-state index in [1.54, 1.807) is 0 Å². The zero-order chi connectivity index (χ0) is 19.7. The van der Waals surface area contributed by atoms with Crippen LogP contribution in [0.15, 0.2) is 56.9 Å². The molecule has 0 fully saturated rings. The van der Waals surface area contributed by atoms with Gasteiger partial charge in [0.1, 0.15) is 0 Å². The van der Waals surface area contributed by atoms with Crippen LogP contribution in [0.5, 0.6) is 0 Å². The zero-order valence-corrected chi connectivity index (χ0v) is 15.9. The van der Waals surface area contributed by atoms with E-state index in [1.807, 2.05) is 12.1 Å². The molecule has 3 aromatic rings. The van der Waals surface area contributed by atoms with E-state index >= 15 is 0 Å². The highest BCUT2D eigenvalue weighted by molar-refractivity contribution is 7.89. The first kappa shape index (κ1) is 18.6. The number of rotatable bonds is 5. The number of benzene rings is 2. The molecule has 0 atom stereocenters. The highest BCUT2D eigenvalue weighted by Gasteiger charge is 2.18. The predicted molar refractivity (Wildman–Crippen MR) is 106 cm³/mol. The molecule has 0 spiro atoms. The summed E-state index contributed by atoms with van der Waals surface area (Å²) in [7, 11) is -3.76. The van der Waals surface area contributed by atoms with Crippen molar-refractivity contribution >= 4 is 20.9 Å². The molecule has 28 heavy (non-hydrogen) atoms. The molecule has 4 rings (SSSR count). The number of hydrogen-bond acceptors (Lipinski definition) is 5. The van der Waals surface area contributed by atoms with E-state index in [0.717, 1.165) is 19.5 Å². The van der Waals surface area contributed by atoms with Crippen molar-refractivity contribution in [3.05, 3.63) is 74.4 Å². The maximum atomic E-state index is 12.6. The van der Waals surface area contributed by atoms with Gasteiger partial charge in [-0.15, -0.1) is 0 Å². The van der Waals surface area contributed by atoms with E-state index in [9.17, 15) is 18.0 Å². The smallest absolute Gasteiger partial charge is 0.307 e. The van der Waals surface area contributed by atoms with Gasteiger partial charge in [-0.25, -0.2) is 17.9 Å². The molecule has 0 aliphatic carbocycles. The second-order valence-corrected chi connectivity index (χ2v) is 8.58. The first-order valence-electron chi connectivity index (χ1n) is 8.97. The quantitative estimate of drug-likeness (QED) is 0.579. The summed E-state index contributed by atoms with van der Waals surface area (Å²) >= 11 is 0. The molecule has 0 radical (unpaired) electrons. The summed E-state index contributed by atoms with van der Waals surface area (Å²) in [4.78, 5) is 30.0. The Bertz CT molecular complexity index is 1250. The average Bonchev–Trinajstić information content (AvgIpc) is 2.67. The van der Waals surface area contributed by atoms with Gasteiger partial charge >= 0.3 is 5.69 Å². The van der Waals surface area contributed by atoms with Crippen LogP contribution in [0.4, 0.5) is 0 Å². The van der Waals surface area contributed by atoms with E-state index in [2.05, 4.69) is 31.7 Å². The van der Waals surface area contributed by atoms with Crippen LogP contribution >= 0.6 is 0 Å². The van der Waals surface area contributed by atoms with Crippen LogP contribution in [-0.4, -0.2) is 42.9 Å². The number of sulfonamides is 1. The average molecular weight is 400 g/mol. The SMILES string of the molecule is O=c1[nH]c(=O)c2cc(S(=O)(=O)NCCN3CCc4ccccc4C3)ccc2[nH]1. The molecular formula is C19H20N4O4S. The Kier molecular flexibility index (Phi) is 4.88. The Morgan fingerprint density at radius 3 is 2.64 bits per heavy atom. The third-order valence-corrected chi connectivity index (χ3v) is 6.41. The lowest BCUT2D eigenvalue weighted by Crippen LogP contribution is -2.37. The van der Waals surface area contributed by atoms with E-state index in [1.165, 1.54) is 29.3 Å². The summed E-state index contributed by atoms with van der Waals surface area (Å²) in [5, 5.41) is 0.120. The van der Waals surface area contributed by atoms with Crippen LogP contribution in [0.2, 0.25) is 0 Å². The maximum absolute atomic E-state index is 12.6. The first-order valence-corrected chi connectivity index (χ1v) is 10.5. The van der Waals surface area contributed by atoms with Crippen LogP contribution in [0.25, 0.3) is 10.9 Å². The van der Waals surface area contributed by atoms with Crippen LogP contribution in [0.3, 0.4) is 0 Å². The molecule has 1 aliphatic rings. The third kappa shape index (κ3) is 3.77. The minimum absolute atomic E-state index is 0.0125. The zero-order valence-electron chi connectivity index (χ0n) is 15.1. The molecule has 1 aromatic heterocycles. The van der Waals surface area contributed by atoms with Crippen LogP contribution in [0, 0.1) is 0 Å². The number of aromatic nitrogens is 2. The number of hydrogen-bond donors (Lipinski definition) is 3. The summed E-state index contributed by atoms with van der Waals surface area (Å²) in [6.07, 6.45) is 0.953. The van der Waals surface area contributed by atoms with Crippen molar-refractivity contribution in [3.8, 4) is 0 Å². The number of nitrogens with zero attached hydrogens (tertiary/aromatic N) is 1. The number of nitrogens with one attached hydrogen (secondary N) is 3. The predicted octanol–water partition coefficient (Wildman–Crippen LogP) is 0.553. The Morgan fingerprint density at radius 1 is 1.04 bits per heavy atom. The lowest BCUT2D eigenvalue weighted by Gasteiger charge is -2.28. The highest BCUT2D eigenvalue weighted by Crippen LogP contribution is 2.18. The fourth-order valence-corrected chi connectivity index (χ4v) is 4.52. The first-order chi connectivity index (χ1) is 13.4. The number of H-pyrrole nitrogens is 2. The van der Waals surface area contributed by atoms with Gasteiger partial charge in [0.05, 0.1) is 15.8 Å². The van der Waals surface area contributed by atoms with Gasteiger partial charge in [0.15, 0.2) is 0 Å². The fraction of sp³-hybridized carbons (Fsp3) is 0.263. The lowest BCUT2D eigenvalue weighted by atomic mass is 10.0. The molecule has 1 aliphatic heterocycles. The molecule has 0 amide bonds. The molecule has 146 valence electrons. The monoisotopic (exact) mass is 400 g/mol. The Labute approximate surface area is 161 Å². The standard InChI is InChI=1S/C19H20N4O4S/c24-18-16-11-15(5-6-17(16)21-19(25)22-18)28(26,27)20-8-10-23-9-7-13-3-1-2-4-14(13)12-23/h1-6,11,20H,7-10,12H2,(H2,21,22,24,25). The summed E-state index contributed by atoms with van der Waals surface area (Å²) < 4.78 is 27.7. The summed E-state index contributed by atoms with van der Waals surface area (Å²) in [5.41, 5.74) is 1.66. The molecule has 8 nitrogen and oxygen atoms in total. The van der Waals surface area contributed by atoms with Gasteiger partial charge in [-0.2, -0.15) is 0 Å². The molecule has 0 bridgehead atoms. The summed E-state index contributed by atoms with van der Waals surface area (Å²) in [6, 6.07) is 12.3. The maximum Gasteiger partial charge on any atom is 0.326 e. The molecule has 3 N–H and O–H groups in total. The third-order valence-electron chi connectivity index (χ3n) is 4.95. The molecule has 9 heteroatoms. The van der Waals surface area contributed by atoms with Crippen LogP contribution < -0.4 is 16.0 Å². The van der Waals surface area contributed by atoms with Gasteiger partial charge in [0.25, 0.3) is 5.56 Å². The molecular weight excluding hydrogens is 380 g/mol. The van der Waals surface area contributed by atoms with Crippen LogP contribution in [-0.2, 0) is 23.0 Å². The van der Waals surface area contributed by atoms with Crippen LogP contribution in [0.1, 0.15) is 11.1 Å². The van der Waals surface area contributed by atoms with Crippen molar-refractivity contribution in [1.29, 1.82) is 0 Å². The molecule has 2 aromatic carbocycles. The number of fused-ring (bicyclic) bond motifs is 2. The topological polar surface area (TPSA) is 115 Å². The summed E-state index contributed by atoms with van der Waals surface area (Å²) in [5.74, 6) is 0. The van der Waals surface area contributed by atoms with Gasteiger partial charge in [0, 0.05) is 26.2 Å². The van der Waals surface area contributed by atoms with Crippen molar-refractivity contribution in [3.63, 3.8) is 0 Å². The minimum atomic E-state index is -3.76. The van der Waals surface area contributed by atoms with E-state index in [0.29, 0.717) is 12.1 Å². The van der Waals surface area contributed by atoms with E-state index in [-0.39, 0.29) is 16.8 Å². The normalized spacial score (nSPS) is 14.9. The van der Waals surface area contributed by atoms with Crippen molar-refractivity contribution in [2.24, 2.45) is 0 Å². The van der Waals surface area contributed by atoms with Crippen molar-refractivity contribution in [2.75, 3.05) is 19.6 Å². The highest BCUT2D eigenvalue weighted by atomic mass is 32.2. The largest absolute Gasteiger partial charge is 0.326 e. The van der Waals surface area contributed by atoms with E-state index in [4.69, 9.17) is 0 Å². The van der Waals surface area contributed by atoms with Crippen molar-refractivity contribution in [1.82, 2.24) is 19.6 Å². The van der Waals surface area contributed by atoms with Gasteiger partial charge in [-0.3, -0.25) is 14.7 Å². The Hall–Kier alpha value is -2.75. The van der Waals surface area contributed by atoms with Gasteiger partial charge in [0.2, 0.25) is 10.0 Å². The van der Waals surface area contributed by atoms with Gasteiger partial charge in [-0.1, -0.05) is 24.3 Å². The molecule has 0 unspecified atom stereocenters. The second-order valence-electron chi connectivity index (χ2n) is 6.81. The Morgan fingerprint density at radius 2 is 1.82 bits per heavy atom. The van der Waals surface area contributed by atoms with Gasteiger partial charge < -0.3 is 4.98 Å². The lowest BCUT2D eigenvalue weighted by molar-refractivity contribution is 0.258. The van der Waals surface area contributed by atoms with Gasteiger partial charge in [-0.05, 0) is 35.7 Å². The molecule has 0 saturated carbocycles. The van der Waals surface area contributed by atoms with Crippen molar-refractivity contribution in [2.45, 2.75) is 17.9 Å². The number of aromatic amines is 2. The van der Waals surface area contributed by atoms with Crippen molar-refractivity contribution < 1.29 is 8.42 Å². The second kappa shape index (κ2) is 7.34. The molecule has 2 heterocycles. The minimum Gasteiger partial charge on any atom is -0.307 e. The Balaban J connectivity index is 1.44.